The van der Waals surface area contributed by atoms with E-state index in [9.17, 15) is 0 Å². The second-order valence-corrected chi connectivity index (χ2v) is 0.945. The summed E-state index contributed by atoms with van der Waals surface area (Å²) >= 11 is 0. The summed E-state index contributed by atoms with van der Waals surface area (Å²) in [6, 6.07) is 0. The van der Waals surface area contributed by atoms with E-state index in [4.69, 9.17) is 5.11 Å². The molecule has 0 aromatic carbocycles. The second-order valence-electron chi connectivity index (χ2n) is 0.945. The second kappa shape index (κ2) is 5.48. The third-order valence-electron chi connectivity index (χ3n) is 0.421. The van der Waals surface area contributed by atoms with Crippen LogP contribution in [0.4, 0.5) is 0 Å². The molecule has 0 atom stereocenters. The molecular formula is C5H8O2. The predicted octanol–water partition coefficient (Wildman–Crippen LogP) is -0.371. The summed E-state index contributed by atoms with van der Waals surface area (Å²) in [6.07, 6.45) is 0. The van der Waals surface area contributed by atoms with Gasteiger partial charge in [-0.15, -0.1) is 0 Å². The molecule has 0 heterocycles. The van der Waals surface area contributed by atoms with Gasteiger partial charge >= 0.3 is 0 Å². The topological polar surface area (TPSA) is 29.5 Å². The van der Waals surface area contributed by atoms with Gasteiger partial charge < -0.3 is 9.84 Å². The van der Waals surface area contributed by atoms with Crippen LogP contribution in [0.2, 0.25) is 0 Å². The fourth-order valence-electron chi connectivity index (χ4n) is 0.179. The lowest BCUT2D eigenvalue weighted by atomic mass is 10.6. The monoisotopic (exact) mass is 100 g/mol. The Bertz CT molecular complexity index is 77.8. The molecule has 7 heavy (non-hydrogen) atoms. The fraction of sp³-hybridized carbons (Fsp3) is 0.600. The number of rotatable bonds is 1. The van der Waals surface area contributed by atoms with Crippen molar-refractivity contribution in [1.82, 2.24) is 0 Å². The predicted molar refractivity (Wildman–Crippen MR) is 26.7 cm³/mol. The molecule has 0 aromatic rings. The van der Waals surface area contributed by atoms with Gasteiger partial charge in [0, 0.05) is 7.11 Å². The normalized spacial score (nSPS) is 7.14. The first-order valence-electron chi connectivity index (χ1n) is 1.97. The lowest BCUT2D eigenvalue weighted by Gasteiger charge is -1.79. The van der Waals surface area contributed by atoms with Crippen LogP contribution in [-0.2, 0) is 4.74 Å². The molecular weight excluding hydrogens is 92.1 g/mol. The zero-order chi connectivity index (χ0) is 5.54. The molecule has 0 fully saturated rings. The van der Waals surface area contributed by atoms with Crippen LogP contribution in [-0.4, -0.2) is 25.4 Å². The van der Waals surface area contributed by atoms with Gasteiger partial charge in [-0.3, -0.25) is 0 Å². The van der Waals surface area contributed by atoms with Gasteiger partial charge in [-0.25, -0.2) is 0 Å². The number of aliphatic hydroxyl groups excluding tert-OH is 1. The van der Waals surface area contributed by atoms with Gasteiger partial charge in [-0.05, 0) is 0 Å². The van der Waals surface area contributed by atoms with E-state index in [0.29, 0.717) is 6.61 Å². The van der Waals surface area contributed by atoms with Crippen LogP contribution in [0.15, 0.2) is 0 Å². The van der Waals surface area contributed by atoms with Crippen molar-refractivity contribution in [2.75, 3.05) is 20.3 Å². The van der Waals surface area contributed by atoms with Crippen molar-refractivity contribution in [2.24, 2.45) is 0 Å². The first-order chi connectivity index (χ1) is 3.41. The number of ether oxygens (including phenoxy) is 1. The zero-order valence-electron chi connectivity index (χ0n) is 4.27. The van der Waals surface area contributed by atoms with E-state index < -0.39 is 0 Å². The van der Waals surface area contributed by atoms with Crippen molar-refractivity contribution in [3.05, 3.63) is 0 Å². The van der Waals surface area contributed by atoms with Gasteiger partial charge in [0.25, 0.3) is 0 Å². The molecule has 0 aromatic heterocycles. The highest BCUT2D eigenvalue weighted by molar-refractivity contribution is 4.98. The third kappa shape index (κ3) is 5.48. The average Bonchev–Trinajstić information content (AvgIpc) is 1.69. The summed E-state index contributed by atoms with van der Waals surface area (Å²) in [5.41, 5.74) is 0. The Hall–Kier alpha value is -0.520. The largest absolute Gasteiger partial charge is 0.384 e. The first-order valence-corrected chi connectivity index (χ1v) is 1.97. The summed E-state index contributed by atoms with van der Waals surface area (Å²) in [5.74, 6) is 4.99. The summed E-state index contributed by atoms with van der Waals surface area (Å²) in [6.45, 7) is 0.323. The number of methoxy groups -OCH3 is 1. The van der Waals surface area contributed by atoms with Crippen LogP contribution < -0.4 is 0 Å². The number of aliphatic hydroxyl groups is 1. The molecule has 0 unspecified atom stereocenters. The highest BCUT2D eigenvalue weighted by Gasteiger charge is 1.64. The van der Waals surface area contributed by atoms with Gasteiger partial charge in [0.1, 0.15) is 13.2 Å². The van der Waals surface area contributed by atoms with E-state index in [-0.39, 0.29) is 6.61 Å². The van der Waals surface area contributed by atoms with Crippen LogP contribution in [0.3, 0.4) is 0 Å². The standard InChI is InChI=1S/C5H8O2/c1-7-5-3-2-4-6/h6H,4-5H2,1H3. The summed E-state index contributed by atoms with van der Waals surface area (Å²) in [4.78, 5) is 0. The molecule has 2 heteroatoms. The molecule has 0 aliphatic rings. The molecule has 0 bridgehead atoms. The summed E-state index contributed by atoms with van der Waals surface area (Å²) in [7, 11) is 1.56. The number of hydrogen-bond donors (Lipinski definition) is 1. The maximum atomic E-state index is 8.06. The molecule has 2 nitrogen and oxygen atoms in total. The van der Waals surface area contributed by atoms with Crippen molar-refractivity contribution in [2.45, 2.75) is 0 Å². The van der Waals surface area contributed by atoms with Crippen LogP contribution in [0.25, 0.3) is 0 Å². The molecule has 0 radical (unpaired) electrons. The number of hydrogen-bond acceptors (Lipinski definition) is 2. The van der Waals surface area contributed by atoms with Crippen molar-refractivity contribution in [1.29, 1.82) is 0 Å². The quantitative estimate of drug-likeness (QED) is 0.455. The molecule has 0 aliphatic carbocycles. The molecule has 0 aliphatic heterocycles. The highest BCUT2D eigenvalue weighted by Crippen LogP contribution is 1.58. The maximum Gasteiger partial charge on any atom is 0.107 e. The van der Waals surface area contributed by atoms with Crippen LogP contribution in [0, 0.1) is 11.8 Å². The molecule has 0 amide bonds. The van der Waals surface area contributed by atoms with Crippen LogP contribution >= 0.6 is 0 Å². The molecule has 0 saturated heterocycles. The average molecular weight is 100 g/mol. The molecule has 0 saturated carbocycles. The van der Waals surface area contributed by atoms with Gasteiger partial charge in [0.2, 0.25) is 0 Å². The van der Waals surface area contributed by atoms with Gasteiger partial charge in [0.05, 0.1) is 0 Å². The first kappa shape index (κ1) is 6.48. The minimum atomic E-state index is -0.0800. The lowest BCUT2D eigenvalue weighted by molar-refractivity contribution is 0.239. The van der Waals surface area contributed by atoms with E-state index in [0.717, 1.165) is 0 Å². The van der Waals surface area contributed by atoms with Crippen molar-refractivity contribution in [3.8, 4) is 11.8 Å². The van der Waals surface area contributed by atoms with Crippen molar-refractivity contribution in [3.63, 3.8) is 0 Å². The van der Waals surface area contributed by atoms with E-state index in [2.05, 4.69) is 16.6 Å². The summed E-state index contributed by atoms with van der Waals surface area (Å²) in [5, 5.41) is 8.06. The fourth-order valence-corrected chi connectivity index (χ4v) is 0.179. The Morgan fingerprint density at radius 3 is 2.71 bits per heavy atom. The molecule has 0 spiro atoms. The summed E-state index contributed by atoms with van der Waals surface area (Å²) < 4.78 is 4.56. The Balaban J connectivity index is 2.91. The third-order valence-corrected chi connectivity index (χ3v) is 0.421. The van der Waals surface area contributed by atoms with Crippen molar-refractivity contribution < 1.29 is 9.84 Å². The van der Waals surface area contributed by atoms with Gasteiger partial charge in [-0.1, -0.05) is 11.8 Å². The van der Waals surface area contributed by atoms with Crippen LogP contribution in [0.5, 0.6) is 0 Å². The van der Waals surface area contributed by atoms with Crippen LogP contribution in [0.1, 0.15) is 0 Å². The van der Waals surface area contributed by atoms with Crippen molar-refractivity contribution >= 4 is 0 Å². The molecule has 40 valence electrons. The van der Waals surface area contributed by atoms with Gasteiger partial charge in [0.15, 0.2) is 0 Å². The smallest absolute Gasteiger partial charge is 0.107 e. The van der Waals surface area contributed by atoms with E-state index >= 15 is 0 Å². The molecule has 0 rings (SSSR count). The zero-order valence-corrected chi connectivity index (χ0v) is 4.27. The Kier molecular flexibility index (Phi) is 5.07. The maximum absolute atomic E-state index is 8.06. The lowest BCUT2D eigenvalue weighted by Crippen LogP contribution is -1.81. The Labute approximate surface area is 43.1 Å². The van der Waals surface area contributed by atoms with E-state index in [1.807, 2.05) is 0 Å². The highest BCUT2D eigenvalue weighted by atomic mass is 16.5. The minimum Gasteiger partial charge on any atom is -0.384 e. The van der Waals surface area contributed by atoms with Gasteiger partial charge in [-0.2, -0.15) is 0 Å². The van der Waals surface area contributed by atoms with E-state index in [1.54, 1.807) is 7.11 Å². The Morgan fingerprint density at radius 1 is 1.57 bits per heavy atom. The Morgan fingerprint density at radius 2 is 2.29 bits per heavy atom. The molecule has 1 N–H and O–H groups in total. The SMILES string of the molecule is COCC#CCO. The minimum absolute atomic E-state index is 0.0800. The van der Waals surface area contributed by atoms with E-state index in [1.165, 1.54) is 0 Å².